The van der Waals surface area contributed by atoms with Crippen LogP contribution in [0.4, 0.5) is 10.1 Å². The highest BCUT2D eigenvalue weighted by Crippen LogP contribution is 2.45. The molecular weight excluding hydrogens is 377 g/mol. The lowest BCUT2D eigenvalue weighted by Crippen LogP contribution is -2.40. The van der Waals surface area contributed by atoms with Gasteiger partial charge in [-0.25, -0.2) is 9.18 Å². The molecule has 3 heterocycles. The van der Waals surface area contributed by atoms with Crippen molar-refractivity contribution in [3.8, 4) is 5.75 Å². The van der Waals surface area contributed by atoms with Gasteiger partial charge in [-0.05, 0) is 44.2 Å². The van der Waals surface area contributed by atoms with Gasteiger partial charge in [-0.1, -0.05) is 0 Å². The molecule has 1 saturated carbocycles. The molecule has 5 rings (SSSR count). The summed E-state index contributed by atoms with van der Waals surface area (Å²) >= 11 is 0. The maximum absolute atomic E-state index is 15.3. The molecule has 1 aliphatic carbocycles. The van der Waals surface area contributed by atoms with Crippen LogP contribution in [0.15, 0.2) is 16.9 Å². The third kappa shape index (κ3) is 2.88. The molecule has 0 amide bonds. The molecule has 29 heavy (non-hydrogen) atoms. The summed E-state index contributed by atoms with van der Waals surface area (Å²) in [5, 5.41) is 13.3. The Hall–Kier alpha value is -2.61. The molecule has 1 aromatic carbocycles. The Balaban J connectivity index is 1.75. The van der Waals surface area contributed by atoms with Gasteiger partial charge in [-0.15, -0.1) is 0 Å². The second-order valence-electron chi connectivity index (χ2n) is 8.30. The van der Waals surface area contributed by atoms with Crippen LogP contribution in [0.3, 0.4) is 0 Å². The SMILES string of the molecule is COc1c(N2C[C@@H]3CCCN[C@@H]3C2)c(F)cc2c(=O)cc(C(=O)O)n(C3CC3)c12. The molecule has 3 fully saturated rings. The van der Waals surface area contributed by atoms with Crippen LogP contribution in [0.1, 0.15) is 42.2 Å². The second kappa shape index (κ2) is 6.73. The van der Waals surface area contributed by atoms with E-state index < -0.39 is 17.2 Å². The number of hydrogen-bond acceptors (Lipinski definition) is 5. The normalized spacial score (nSPS) is 24.0. The number of pyridine rings is 1. The van der Waals surface area contributed by atoms with E-state index in [0.717, 1.165) is 38.3 Å². The molecule has 2 N–H and O–H groups in total. The van der Waals surface area contributed by atoms with Gasteiger partial charge in [0.05, 0.1) is 18.0 Å². The lowest BCUT2D eigenvalue weighted by Gasteiger charge is -2.25. The number of aromatic nitrogens is 1. The molecule has 0 bridgehead atoms. The number of nitrogens with zero attached hydrogens (tertiary/aromatic N) is 2. The smallest absolute Gasteiger partial charge is 0.352 e. The fourth-order valence-electron chi connectivity index (χ4n) is 5.02. The maximum Gasteiger partial charge on any atom is 0.352 e. The van der Waals surface area contributed by atoms with Crippen molar-refractivity contribution >= 4 is 22.6 Å². The number of hydrogen-bond donors (Lipinski definition) is 2. The lowest BCUT2D eigenvalue weighted by molar-refractivity contribution is 0.0684. The first-order valence-corrected chi connectivity index (χ1v) is 10.2. The fraction of sp³-hybridized carbons (Fsp3) is 0.524. The first-order chi connectivity index (χ1) is 14.0. The zero-order chi connectivity index (χ0) is 20.3. The maximum atomic E-state index is 15.3. The number of fused-ring (bicyclic) bond motifs is 2. The highest BCUT2D eigenvalue weighted by Gasteiger charge is 2.38. The summed E-state index contributed by atoms with van der Waals surface area (Å²) in [6.07, 6.45) is 3.86. The first-order valence-electron chi connectivity index (χ1n) is 10.2. The van der Waals surface area contributed by atoms with Crippen molar-refractivity contribution in [3.63, 3.8) is 0 Å². The highest BCUT2D eigenvalue weighted by atomic mass is 19.1. The molecule has 2 atom stereocenters. The summed E-state index contributed by atoms with van der Waals surface area (Å²) in [5.74, 6) is -0.971. The third-order valence-electron chi connectivity index (χ3n) is 6.47. The van der Waals surface area contributed by atoms with Gasteiger partial charge in [-0.3, -0.25) is 4.79 Å². The van der Waals surface area contributed by atoms with Gasteiger partial charge in [0.2, 0.25) is 0 Å². The zero-order valence-electron chi connectivity index (χ0n) is 16.3. The Morgan fingerprint density at radius 1 is 1.28 bits per heavy atom. The number of rotatable bonds is 4. The van der Waals surface area contributed by atoms with Crippen LogP contribution in [-0.4, -0.2) is 48.4 Å². The Morgan fingerprint density at radius 3 is 2.72 bits per heavy atom. The lowest BCUT2D eigenvalue weighted by atomic mass is 9.94. The molecule has 1 aromatic heterocycles. The Labute approximate surface area is 167 Å². The average molecular weight is 401 g/mol. The minimum atomic E-state index is -1.17. The molecule has 0 radical (unpaired) electrons. The van der Waals surface area contributed by atoms with Crippen LogP contribution in [0.25, 0.3) is 10.9 Å². The number of carboxylic acid groups (broad SMARTS) is 1. The van der Waals surface area contributed by atoms with Crippen LogP contribution in [-0.2, 0) is 0 Å². The molecular formula is C21H24FN3O4. The van der Waals surface area contributed by atoms with Gasteiger partial charge >= 0.3 is 5.97 Å². The number of aromatic carboxylic acids is 1. The molecule has 2 aromatic rings. The minimum absolute atomic E-state index is 0.0146. The van der Waals surface area contributed by atoms with E-state index in [1.807, 2.05) is 4.90 Å². The number of nitrogens with one attached hydrogen (secondary N) is 1. The molecule has 2 aliphatic heterocycles. The monoisotopic (exact) mass is 401 g/mol. The summed E-state index contributed by atoms with van der Waals surface area (Å²) < 4.78 is 22.6. The van der Waals surface area contributed by atoms with Crippen LogP contribution < -0.4 is 20.4 Å². The summed E-state index contributed by atoms with van der Waals surface area (Å²) in [6, 6.07) is 2.63. The topological polar surface area (TPSA) is 83.8 Å². The van der Waals surface area contributed by atoms with Crippen molar-refractivity contribution in [2.24, 2.45) is 5.92 Å². The number of carbonyl (C=O) groups is 1. The number of halogens is 1. The molecule has 0 spiro atoms. The van der Waals surface area contributed by atoms with E-state index in [-0.39, 0.29) is 22.9 Å². The second-order valence-corrected chi connectivity index (χ2v) is 8.30. The van der Waals surface area contributed by atoms with Gasteiger partial charge in [0.1, 0.15) is 11.4 Å². The highest BCUT2D eigenvalue weighted by molar-refractivity contribution is 5.96. The average Bonchev–Trinajstić information content (AvgIpc) is 3.44. The summed E-state index contributed by atoms with van der Waals surface area (Å²) in [5.41, 5.74) is 0.138. The molecule has 7 nitrogen and oxygen atoms in total. The summed E-state index contributed by atoms with van der Waals surface area (Å²) in [6.45, 7) is 2.34. The molecule has 154 valence electrons. The fourth-order valence-corrected chi connectivity index (χ4v) is 5.02. The van der Waals surface area contributed by atoms with E-state index in [9.17, 15) is 14.7 Å². The summed E-state index contributed by atoms with van der Waals surface area (Å²) in [7, 11) is 1.45. The number of anilines is 1. The molecule has 3 aliphatic rings. The standard InChI is InChI=1S/C21H24FN3O4/c1-29-20-18-13(17(26)8-16(21(27)28)25(18)12-4-5-12)7-14(22)19(20)24-9-11-3-2-6-23-15(11)10-24/h7-8,11-12,15,23H,2-6,9-10H2,1H3,(H,27,28)/t11-,15+/m0/s1. The number of benzene rings is 1. The largest absolute Gasteiger partial charge is 0.492 e. The minimum Gasteiger partial charge on any atom is -0.492 e. The van der Waals surface area contributed by atoms with E-state index in [1.165, 1.54) is 13.2 Å². The third-order valence-corrected chi connectivity index (χ3v) is 6.47. The predicted molar refractivity (Wildman–Crippen MR) is 107 cm³/mol. The van der Waals surface area contributed by atoms with E-state index in [0.29, 0.717) is 36.3 Å². The van der Waals surface area contributed by atoms with Gasteiger partial charge in [0.25, 0.3) is 0 Å². The van der Waals surface area contributed by atoms with Gasteiger partial charge in [-0.2, -0.15) is 0 Å². The number of piperidine rings is 1. The van der Waals surface area contributed by atoms with Crippen LogP contribution in [0, 0.1) is 11.7 Å². The van der Waals surface area contributed by atoms with Gasteiger partial charge in [0.15, 0.2) is 17.0 Å². The van der Waals surface area contributed by atoms with E-state index in [4.69, 9.17) is 4.74 Å². The number of methoxy groups -OCH3 is 1. The van der Waals surface area contributed by atoms with Crippen molar-refractivity contribution in [1.82, 2.24) is 9.88 Å². The van der Waals surface area contributed by atoms with Gasteiger partial charge < -0.3 is 24.6 Å². The Bertz CT molecular complexity index is 1050. The molecule has 2 saturated heterocycles. The number of ether oxygens (including phenoxy) is 1. The zero-order valence-corrected chi connectivity index (χ0v) is 16.3. The van der Waals surface area contributed by atoms with E-state index >= 15 is 4.39 Å². The first kappa shape index (κ1) is 18.4. The van der Waals surface area contributed by atoms with Crippen LogP contribution >= 0.6 is 0 Å². The van der Waals surface area contributed by atoms with Crippen molar-refractivity contribution in [2.75, 3.05) is 31.6 Å². The van der Waals surface area contributed by atoms with Crippen molar-refractivity contribution in [3.05, 3.63) is 33.9 Å². The molecule has 0 unspecified atom stereocenters. The van der Waals surface area contributed by atoms with Crippen LogP contribution in [0.5, 0.6) is 5.75 Å². The number of carboxylic acids is 1. The quantitative estimate of drug-likeness (QED) is 0.819. The Kier molecular flexibility index (Phi) is 4.27. The Morgan fingerprint density at radius 2 is 2.07 bits per heavy atom. The predicted octanol–water partition coefficient (Wildman–Crippen LogP) is 2.37. The van der Waals surface area contributed by atoms with Crippen LogP contribution in [0.2, 0.25) is 0 Å². The van der Waals surface area contributed by atoms with Crippen molar-refractivity contribution in [1.29, 1.82) is 0 Å². The van der Waals surface area contributed by atoms with E-state index in [1.54, 1.807) is 4.57 Å². The summed E-state index contributed by atoms with van der Waals surface area (Å²) in [4.78, 5) is 26.5. The van der Waals surface area contributed by atoms with Crippen molar-refractivity contribution in [2.45, 2.75) is 37.8 Å². The van der Waals surface area contributed by atoms with E-state index in [2.05, 4.69) is 5.32 Å². The van der Waals surface area contributed by atoms with Gasteiger partial charge in [0, 0.05) is 31.2 Å². The van der Waals surface area contributed by atoms with Crippen molar-refractivity contribution < 1.29 is 19.0 Å². The molecule has 8 heteroatoms.